The normalized spacial score (nSPS) is 16.2. The zero-order valence-electron chi connectivity index (χ0n) is 25.5. The molecule has 43 heavy (non-hydrogen) atoms. The Morgan fingerprint density at radius 2 is 1.56 bits per heavy atom. The molecular weight excluding hydrogens is 544 g/mol. The van der Waals surface area contributed by atoms with Crippen LogP contribution in [0.4, 0.5) is 0 Å². The SMILES string of the molecule is CCCC[NH+]=C(/C=C/C1=C(Cl)C(=C/C=c2\c3cccc4cccc(c43)n2CCCC)/CCC1)c1cccc2ccccc12. The molecule has 4 aromatic carbocycles. The van der Waals surface area contributed by atoms with Gasteiger partial charge in [0.15, 0.2) is 0 Å². The van der Waals surface area contributed by atoms with Gasteiger partial charge in [-0.05, 0) is 71.2 Å². The number of halogens is 1. The molecule has 1 heterocycles. The van der Waals surface area contributed by atoms with E-state index < -0.39 is 0 Å². The summed E-state index contributed by atoms with van der Waals surface area (Å²) in [5.41, 5.74) is 6.16. The molecule has 1 N–H and O–H groups in total. The van der Waals surface area contributed by atoms with Gasteiger partial charge < -0.3 is 4.57 Å². The summed E-state index contributed by atoms with van der Waals surface area (Å²) in [6, 6.07) is 28.5. The first-order valence-corrected chi connectivity index (χ1v) is 16.4. The molecule has 0 unspecified atom stereocenters. The molecule has 0 fully saturated rings. The van der Waals surface area contributed by atoms with Gasteiger partial charge in [0.05, 0.1) is 5.56 Å². The fourth-order valence-electron chi connectivity index (χ4n) is 6.45. The zero-order chi connectivity index (χ0) is 29.6. The van der Waals surface area contributed by atoms with Crippen molar-refractivity contribution in [2.75, 3.05) is 6.54 Å². The minimum Gasteiger partial charge on any atom is -0.340 e. The smallest absolute Gasteiger partial charge is 0.206 e. The fourth-order valence-corrected chi connectivity index (χ4v) is 6.76. The minimum absolute atomic E-state index is 0.902. The molecule has 2 nitrogen and oxygen atoms in total. The van der Waals surface area contributed by atoms with Crippen LogP contribution in [0.3, 0.4) is 0 Å². The molecule has 0 spiro atoms. The second-order valence-corrected chi connectivity index (χ2v) is 12.1. The maximum absolute atomic E-state index is 7.16. The van der Waals surface area contributed by atoms with Crippen LogP contribution in [0.1, 0.15) is 64.4 Å². The van der Waals surface area contributed by atoms with E-state index in [1.54, 1.807) is 0 Å². The first kappa shape index (κ1) is 29.2. The van der Waals surface area contributed by atoms with E-state index in [0.29, 0.717) is 0 Å². The second kappa shape index (κ2) is 13.6. The van der Waals surface area contributed by atoms with Crippen LogP contribution >= 0.6 is 11.6 Å². The number of rotatable bonds is 10. The maximum atomic E-state index is 7.16. The van der Waals surface area contributed by atoms with Gasteiger partial charge in [0.2, 0.25) is 5.71 Å². The monoisotopic (exact) mass is 585 g/mol. The van der Waals surface area contributed by atoms with E-state index in [1.165, 1.54) is 60.9 Å². The van der Waals surface area contributed by atoms with E-state index in [4.69, 9.17) is 11.6 Å². The third-order valence-electron chi connectivity index (χ3n) is 8.75. The van der Waals surface area contributed by atoms with Gasteiger partial charge in [0.25, 0.3) is 0 Å². The van der Waals surface area contributed by atoms with Crippen LogP contribution in [-0.2, 0) is 6.54 Å². The number of aromatic nitrogens is 1. The van der Waals surface area contributed by atoms with E-state index in [9.17, 15) is 0 Å². The van der Waals surface area contributed by atoms with Crippen molar-refractivity contribution in [3.63, 3.8) is 0 Å². The fraction of sp³-hybridized carbons (Fsp3) is 0.275. The highest BCUT2D eigenvalue weighted by Crippen LogP contribution is 2.33. The van der Waals surface area contributed by atoms with Crippen molar-refractivity contribution in [3.05, 3.63) is 124 Å². The quantitative estimate of drug-likeness (QED) is 0.125. The molecule has 6 rings (SSSR count). The average molecular weight is 586 g/mol. The van der Waals surface area contributed by atoms with E-state index in [-0.39, 0.29) is 0 Å². The molecule has 218 valence electrons. The van der Waals surface area contributed by atoms with E-state index in [2.05, 4.69) is 127 Å². The van der Waals surface area contributed by atoms with Crippen molar-refractivity contribution in [3.8, 4) is 0 Å². The van der Waals surface area contributed by atoms with Gasteiger partial charge >= 0.3 is 0 Å². The number of fused-ring (bicyclic) bond motifs is 1. The van der Waals surface area contributed by atoms with Crippen molar-refractivity contribution in [1.82, 2.24) is 4.57 Å². The lowest BCUT2D eigenvalue weighted by atomic mass is 9.93. The van der Waals surface area contributed by atoms with Crippen molar-refractivity contribution >= 4 is 55.8 Å². The summed E-state index contributed by atoms with van der Waals surface area (Å²) in [5, 5.41) is 8.71. The van der Waals surface area contributed by atoms with Crippen LogP contribution in [0.2, 0.25) is 0 Å². The number of unbranched alkanes of at least 4 members (excludes halogenated alkanes) is 2. The van der Waals surface area contributed by atoms with E-state index >= 15 is 0 Å². The largest absolute Gasteiger partial charge is 0.340 e. The minimum atomic E-state index is 0.902. The highest BCUT2D eigenvalue weighted by atomic mass is 35.5. The Bertz CT molecular complexity index is 1920. The molecule has 1 aromatic heterocycles. The summed E-state index contributed by atoms with van der Waals surface area (Å²) in [5.74, 6) is 0. The number of allylic oxidation sites excluding steroid dienone is 6. The Kier molecular flexibility index (Phi) is 9.24. The molecule has 0 saturated carbocycles. The van der Waals surface area contributed by atoms with Gasteiger partial charge in [-0.25, -0.2) is 4.99 Å². The Morgan fingerprint density at radius 3 is 2.42 bits per heavy atom. The van der Waals surface area contributed by atoms with Crippen LogP contribution in [0, 0.1) is 0 Å². The maximum Gasteiger partial charge on any atom is 0.206 e. The number of nitrogens with zero attached hydrogens (tertiary/aromatic N) is 1. The first-order chi connectivity index (χ1) is 21.2. The predicted octanol–water partition coefficient (Wildman–Crippen LogP) is 8.78. The number of benzene rings is 4. The summed E-state index contributed by atoms with van der Waals surface area (Å²) in [6.07, 6.45) is 16.8. The molecule has 0 aliphatic heterocycles. The van der Waals surface area contributed by atoms with Crippen LogP contribution in [0.5, 0.6) is 0 Å². The second-order valence-electron chi connectivity index (χ2n) is 11.7. The van der Waals surface area contributed by atoms with Gasteiger partial charge in [-0.2, -0.15) is 0 Å². The molecule has 0 amide bonds. The van der Waals surface area contributed by atoms with E-state index in [1.807, 2.05) is 0 Å². The highest BCUT2D eigenvalue weighted by Gasteiger charge is 2.16. The lowest BCUT2D eigenvalue weighted by Gasteiger charge is -2.16. The van der Waals surface area contributed by atoms with Gasteiger partial charge in [-0.3, -0.25) is 0 Å². The molecule has 3 heteroatoms. The molecule has 0 radical (unpaired) electrons. The standard InChI is InChI=1S/C40H41ClN2/c1-3-5-27-42-36(34-20-10-14-29-13-7-8-19-33(29)34)25-23-31-17-9-18-32(40(31)41)24-26-37-35-21-11-15-30-16-12-22-38(39(30)35)43(37)28-6-4-2/h7-8,10-16,19-26H,3-6,9,17-18,27-28H2,1-2H3/p+1/b25-23+,32-24+,37-26+,42-36?. The Morgan fingerprint density at radius 1 is 0.814 bits per heavy atom. The molecule has 0 saturated heterocycles. The third-order valence-corrected chi connectivity index (χ3v) is 9.24. The van der Waals surface area contributed by atoms with Crippen molar-refractivity contribution in [2.24, 2.45) is 0 Å². The van der Waals surface area contributed by atoms with Crippen LogP contribution in [0.25, 0.3) is 38.5 Å². The van der Waals surface area contributed by atoms with Gasteiger partial charge in [0, 0.05) is 45.7 Å². The van der Waals surface area contributed by atoms with E-state index in [0.717, 1.165) is 62.4 Å². The lowest BCUT2D eigenvalue weighted by Crippen LogP contribution is -2.73. The number of hydrogen-bond acceptors (Lipinski definition) is 0. The lowest BCUT2D eigenvalue weighted by molar-refractivity contribution is -0.456. The Hall–Kier alpha value is -3.88. The van der Waals surface area contributed by atoms with Gasteiger partial charge in [-0.15, -0.1) is 0 Å². The molecule has 0 bridgehead atoms. The molecule has 1 aliphatic rings. The Balaban J connectivity index is 1.39. The topological polar surface area (TPSA) is 18.9 Å². The first-order valence-electron chi connectivity index (χ1n) is 16.1. The number of aryl methyl sites for hydroxylation is 1. The highest BCUT2D eigenvalue weighted by molar-refractivity contribution is 6.32. The van der Waals surface area contributed by atoms with Crippen LogP contribution in [-0.4, -0.2) is 16.8 Å². The van der Waals surface area contributed by atoms with Gasteiger partial charge in [-0.1, -0.05) is 117 Å². The van der Waals surface area contributed by atoms with Crippen LogP contribution < -0.4 is 10.3 Å². The number of hydrogen-bond donors (Lipinski definition) is 1. The molecular formula is C40H42ClN2+. The number of nitrogens with one attached hydrogen (secondary N) is 1. The summed E-state index contributed by atoms with van der Waals surface area (Å²) in [7, 11) is 0. The molecule has 0 atom stereocenters. The summed E-state index contributed by atoms with van der Waals surface area (Å²) >= 11 is 7.16. The predicted molar refractivity (Wildman–Crippen MR) is 187 cm³/mol. The van der Waals surface area contributed by atoms with Crippen molar-refractivity contribution in [2.45, 2.75) is 65.3 Å². The Labute approximate surface area is 260 Å². The van der Waals surface area contributed by atoms with Gasteiger partial charge in [0.1, 0.15) is 6.54 Å². The zero-order valence-corrected chi connectivity index (χ0v) is 26.3. The summed E-state index contributed by atoms with van der Waals surface area (Å²) in [6.45, 7) is 6.47. The van der Waals surface area contributed by atoms with Crippen LogP contribution in [0.15, 0.2) is 113 Å². The molecule has 1 aliphatic carbocycles. The van der Waals surface area contributed by atoms with Crippen molar-refractivity contribution < 1.29 is 4.99 Å². The third kappa shape index (κ3) is 6.12. The molecule has 5 aromatic rings. The van der Waals surface area contributed by atoms with Crippen molar-refractivity contribution in [1.29, 1.82) is 0 Å². The summed E-state index contributed by atoms with van der Waals surface area (Å²) < 4.78 is 2.51. The average Bonchev–Trinajstić information content (AvgIpc) is 3.35. The summed E-state index contributed by atoms with van der Waals surface area (Å²) in [4.78, 5) is 3.73.